The number of carbonyl (C=O) groups excluding carboxylic acids is 1. The topological polar surface area (TPSA) is 59.6 Å². The van der Waals surface area contributed by atoms with E-state index in [4.69, 9.17) is 21.1 Å². The van der Waals surface area contributed by atoms with Crippen LogP contribution in [0.5, 0.6) is 5.75 Å². The van der Waals surface area contributed by atoms with Gasteiger partial charge < -0.3 is 20.1 Å². The summed E-state index contributed by atoms with van der Waals surface area (Å²) in [7, 11) is 1.51. The first-order valence-electron chi connectivity index (χ1n) is 6.14. The van der Waals surface area contributed by atoms with Crippen molar-refractivity contribution in [3.8, 4) is 5.75 Å². The highest BCUT2D eigenvalue weighted by Gasteiger charge is 2.09. The zero-order chi connectivity index (χ0) is 14.1. The molecule has 5 nitrogen and oxygen atoms in total. The third kappa shape index (κ3) is 5.36. The van der Waals surface area contributed by atoms with Crippen molar-refractivity contribution in [1.82, 2.24) is 5.32 Å². The number of rotatable bonds is 7. The van der Waals surface area contributed by atoms with Crippen molar-refractivity contribution >= 4 is 23.3 Å². The number of hydrogen-bond acceptors (Lipinski definition) is 3. The Morgan fingerprint density at radius 3 is 2.89 bits per heavy atom. The highest BCUT2D eigenvalue weighted by atomic mass is 35.5. The fraction of sp³-hybridized carbons (Fsp3) is 0.462. The molecule has 0 heterocycles. The van der Waals surface area contributed by atoms with Crippen LogP contribution in [0.1, 0.15) is 13.3 Å². The lowest BCUT2D eigenvalue weighted by molar-refractivity contribution is 0.145. The molecule has 1 aromatic rings. The van der Waals surface area contributed by atoms with Gasteiger partial charge in [-0.05, 0) is 25.5 Å². The van der Waals surface area contributed by atoms with Crippen LogP contribution in [0, 0.1) is 0 Å². The molecule has 0 fully saturated rings. The highest BCUT2D eigenvalue weighted by Crippen LogP contribution is 2.32. The van der Waals surface area contributed by atoms with Gasteiger partial charge in [0.2, 0.25) is 0 Å². The molecule has 1 rings (SSSR count). The molecule has 0 unspecified atom stereocenters. The fourth-order valence-electron chi connectivity index (χ4n) is 1.50. The van der Waals surface area contributed by atoms with Crippen molar-refractivity contribution in [3.05, 3.63) is 23.2 Å². The van der Waals surface area contributed by atoms with E-state index in [2.05, 4.69) is 10.6 Å². The van der Waals surface area contributed by atoms with E-state index in [-0.39, 0.29) is 6.03 Å². The minimum atomic E-state index is -0.294. The lowest BCUT2D eigenvalue weighted by atomic mass is 10.3. The Morgan fingerprint density at radius 1 is 1.42 bits per heavy atom. The summed E-state index contributed by atoms with van der Waals surface area (Å²) in [6, 6.07) is 4.88. The monoisotopic (exact) mass is 286 g/mol. The van der Waals surface area contributed by atoms with E-state index in [1.165, 1.54) is 7.11 Å². The number of ether oxygens (including phenoxy) is 2. The number of amides is 2. The number of halogens is 1. The number of urea groups is 1. The standard InChI is InChI=1S/C13H19ClN2O3/c1-3-19-9-5-8-15-13(17)16-11-7-4-6-10(14)12(11)18-2/h4,6-7H,3,5,8-9H2,1-2H3,(H2,15,16,17). The average molecular weight is 287 g/mol. The molecular weight excluding hydrogens is 268 g/mol. The summed E-state index contributed by atoms with van der Waals surface area (Å²) < 4.78 is 10.3. The summed E-state index contributed by atoms with van der Waals surface area (Å²) in [6.07, 6.45) is 0.772. The molecule has 0 aliphatic heterocycles. The van der Waals surface area contributed by atoms with Crippen LogP contribution in [0.4, 0.5) is 10.5 Å². The highest BCUT2D eigenvalue weighted by molar-refractivity contribution is 6.32. The van der Waals surface area contributed by atoms with Crippen molar-refractivity contribution in [2.45, 2.75) is 13.3 Å². The molecule has 0 radical (unpaired) electrons. The average Bonchev–Trinajstić information content (AvgIpc) is 2.39. The third-order valence-electron chi connectivity index (χ3n) is 2.37. The van der Waals surface area contributed by atoms with E-state index in [9.17, 15) is 4.79 Å². The Labute approximate surface area is 118 Å². The van der Waals surface area contributed by atoms with Gasteiger partial charge in [0.05, 0.1) is 17.8 Å². The van der Waals surface area contributed by atoms with Crippen LogP contribution in [-0.4, -0.2) is 32.9 Å². The quantitative estimate of drug-likeness (QED) is 0.758. The van der Waals surface area contributed by atoms with Crippen molar-refractivity contribution in [1.29, 1.82) is 0 Å². The first kappa shape index (κ1) is 15.6. The molecule has 0 bridgehead atoms. The summed E-state index contributed by atoms with van der Waals surface area (Å²) >= 11 is 5.96. The van der Waals surface area contributed by atoms with E-state index in [1.54, 1.807) is 18.2 Å². The molecule has 0 atom stereocenters. The zero-order valence-corrected chi connectivity index (χ0v) is 11.9. The number of para-hydroxylation sites is 1. The normalized spacial score (nSPS) is 10.1. The molecule has 0 aliphatic rings. The van der Waals surface area contributed by atoms with Crippen LogP contribution in [0.2, 0.25) is 5.02 Å². The molecule has 19 heavy (non-hydrogen) atoms. The first-order chi connectivity index (χ1) is 9.19. The van der Waals surface area contributed by atoms with Crippen molar-refractivity contribution < 1.29 is 14.3 Å². The first-order valence-corrected chi connectivity index (χ1v) is 6.52. The Morgan fingerprint density at radius 2 is 2.21 bits per heavy atom. The minimum absolute atomic E-state index is 0.294. The van der Waals surface area contributed by atoms with Crippen molar-refractivity contribution in [2.24, 2.45) is 0 Å². The maximum atomic E-state index is 11.7. The number of hydrogen-bond donors (Lipinski definition) is 2. The summed E-state index contributed by atoms with van der Waals surface area (Å²) in [4.78, 5) is 11.7. The number of methoxy groups -OCH3 is 1. The number of anilines is 1. The molecule has 2 amide bonds. The lowest BCUT2D eigenvalue weighted by Gasteiger charge is -2.12. The van der Waals surface area contributed by atoms with E-state index >= 15 is 0 Å². The Balaban J connectivity index is 2.42. The van der Waals surface area contributed by atoms with Crippen molar-refractivity contribution in [3.63, 3.8) is 0 Å². The second-order valence-electron chi connectivity index (χ2n) is 3.75. The number of benzene rings is 1. The number of carbonyl (C=O) groups is 1. The second-order valence-corrected chi connectivity index (χ2v) is 4.16. The Bertz CT molecular complexity index is 413. The summed E-state index contributed by atoms with van der Waals surface area (Å²) in [5.41, 5.74) is 0.539. The fourth-order valence-corrected chi connectivity index (χ4v) is 1.75. The Kier molecular flexibility index (Phi) is 7.07. The zero-order valence-electron chi connectivity index (χ0n) is 11.2. The number of nitrogens with one attached hydrogen (secondary N) is 2. The molecular formula is C13H19ClN2O3. The van der Waals surface area contributed by atoms with Gasteiger partial charge in [0, 0.05) is 19.8 Å². The van der Waals surface area contributed by atoms with E-state index in [0.717, 1.165) is 6.42 Å². The van der Waals surface area contributed by atoms with E-state index in [0.29, 0.717) is 36.2 Å². The van der Waals surface area contributed by atoms with Gasteiger partial charge >= 0.3 is 6.03 Å². The third-order valence-corrected chi connectivity index (χ3v) is 2.67. The predicted molar refractivity (Wildman–Crippen MR) is 76.1 cm³/mol. The SMILES string of the molecule is CCOCCCNC(=O)Nc1cccc(Cl)c1OC. The molecule has 106 valence electrons. The van der Waals surface area contributed by atoms with Crippen LogP contribution in [0.15, 0.2) is 18.2 Å². The Hall–Kier alpha value is -1.46. The summed E-state index contributed by atoms with van der Waals surface area (Å²) in [5, 5.41) is 5.88. The maximum Gasteiger partial charge on any atom is 0.319 e. The van der Waals surface area contributed by atoms with Crippen molar-refractivity contribution in [2.75, 3.05) is 32.2 Å². The maximum absolute atomic E-state index is 11.7. The van der Waals surface area contributed by atoms with Gasteiger partial charge in [-0.2, -0.15) is 0 Å². The minimum Gasteiger partial charge on any atom is -0.493 e. The molecule has 0 saturated heterocycles. The summed E-state index contributed by atoms with van der Waals surface area (Å²) in [5.74, 6) is 0.452. The molecule has 0 aromatic heterocycles. The lowest BCUT2D eigenvalue weighted by Crippen LogP contribution is -2.30. The molecule has 0 spiro atoms. The smallest absolute Gasteiger partial charge is 0.319 e. The van der Waals surface area contributed by atoms with E-state index < -0.39 is 0 Å². The van der Waals surface area contributed by atoms with Gasteiger partial charge in [-0.3, -0.25) is 0 Å². The summed E-state index contributed by atoms with van der Waals surface area (Å²) in [6.45, 7) is 3.81. The van der Waals surface area contributed by atoms with Crippen LogP contribution in [0.25, 0.3) is 0 Å². The van der Waals surface area contributed by atoms with Gasteiger partial charge in [0.1, 0.15) is 0 Å². The molecule has 0 aliphatic carbocycles. The van der Waals surface area contributed by atoms with Crippen LogP contribution in [-0.2, 0) is 4.74 Å². The van der Waals surface area contributed by atoms with Gasteiger partial charge in [-0.25, -0.2) is 4.79 Å². The molecule has 6 heteroatoms. The van der Waals surface area contributed by atoms with Crippen LogP contribution >= 0.6 is 11.6 Å². The van der Waals surface area contributed by atoms with Gasteiger partial charge in [0.15, 0.2) is 5.75 Å². The predicted octanol–water partition coefficient (Wildman–Crippen LogP) is 2.90. The molecule has 0 saturated carbocycles. The second kappa shape index (κ2) is 8.61. The van der Waals surface area contributed by atoms with Crippen LogP contribution < -0.4 is 15.4 Å². The van der Waals surface area contributed by atoms with Crippen LogP contribution in [0.3, 0.4) is 0 Å². The molecule has 1 aromatic carbocycles. The molecule has 2 N–H and O–H groups in total. The van der Waals surface area contributed by atoms with E-state index in [1.807, 2.05) is 6.92 Å². The van der Waals surface area contributed by atoms with Gasteiger partial charge in [0.25, 0.3) is 0 Å². The largest absolute Gasteiger partial charge is 0.493 e. The van der Waals surface area contributed by atoms with Gasteiger partial charge in [-0.1, -0.05) is 17.7 Å². The van der Waals surface area contributed by atoms with Gasteiger partial charge in [-0.15, -0.1) is 0 Å².